The molecule has 45 heavy (non-hydrogen) atoms. The Bertz CT molecular complexity index is 1850. The number of methoxy groups -OCH3 is 1. The summed E-state index contributed by atoms with van der Waals surface area (Å²) in [5.41, 5.74) is 5.59. The molecule has 4 atom stereocenters. The molecular formula is C35H37F2N5O3. The number of aromatic nitrogens is 2. The van der Waals surface area contributed by atoms with Crippen molar-refractivity contribution in [3.63, 3.8) is 0 Å². The molecule has 1 unspecified atom stereocenters. The molecule has 1 aromatic heterocycles. The van der Waals surface area contributed by atoms with E-state index in [9.17, 15) is 9.59 Å². The van der Waals surface area contributed by atoms with Crippen molar-refractivity contribution in [3.05, 3.63) is 72.1 Å². The highest BCUT2D eigenvalue weighted by Gasteiger charge is 2.43. The Morgan fingerprint density at radius 3 is 2.33 bits per heavy atom. The summed E-state index contributed by atoms with van der Waals surface area (Å²) in [6.45, 7) is 8.44. The molecule has 3 heterocycles. The van der Waals surface area contributed by atoms with Gasteiger partial charge in [0.15, 0.2) is 0 Å². The first kappa shape index (κ1) is 30.4. The van der Waals surface area contributed by atoms with Crippen LogP contribution in [0.4, 0.5) is 19.3 Å². The summed E-state index contributed by atoms with van der Waals surface area (Å²) in [5, 5.41) is 2.69. The molecule has 1 saturated heterocycles. The summed E-state index contributed by atoms with van der Waals surface area (Å²) in [6, 6.07) is 12.3. The van der Waals surface area contributed by atoms with Gasteiger partial charge in [-0.2, -0.15) is 0 Å². The number of carbonyl (C=O) groups is 2. The van der Waals surface area contributed by atoms with Gasteiger partial charge in [-0.05, 0) is 71.3 Å². The number of rotatable bonds is 6. The molecule has 8 nitrogen and oxygen atoms in total. The fourth-order valence-electron chi connectivity index (χ4n) is 6.66. The Balaban J connectivity index is 1.27. The number of aryl methyl sites for hydroxylation is 1. The molecule has 0 bridgehead atoms. The van der Waals surface area contributed by atoms with E-state index in [0.717, 1.165) is 34.4 Å². The van der Waals surface area contributed by atoms with Crippen molar-refractivity contribution < 1.29 is 23.1 Å². The number of fused-ring (bicyclic) bond motifs is 2. The normalized spacial score (nSPS) is 20.0. The molecule has 2 amide bonds. The molecule has 4 aromatic rings. The highest BCUT2D eigenvalue weighted by Crippen LogP contribution is 2.43. The third kappa shape index (κ3) is 5.47. The van der Waals surface area contributed by atoms with Gasteiger partial charge in [0.2, 0.25) is 5.91 Å². The number of nitrogens with one attached hydrogen (secondary N) is 1. The number of likely N-dealkylation sites (tertiary alicyclic amines) is 1. The number of imidazole rings is 1. The van der Waals surface area contributed by atoms with E-state index in [4.69, 9.17) is 9.73 Å². The van der Waals surface area contributed by atoms with Crippen molar-refractivity contribution in [2.75, 3.05) is 13.7 Å². The van der Waals surface area contributed by atoms with Crippen LogP contribution in [0.5, 0.6) is 0 Å². The Morgan fingerprint density at radius 2 is 1.67 bits per heavy atom. The number of hydrogen-bond donors (Lipinski definition) is 1. The first-order valence-electron chi connectivity index (χ1n) is 15.2. The van der Waals surface area contributed by atoms with Gasteiger partial charge in [0.25, 0.3) is 0 Å². The van der Waals surface area contributed by atoms with Crippen LogP contribution in [-0.4, -0.2) is 57.9 Å². The van der Waals surface area contributed by atoms with E-state index in [-0.39, 0.29) is 40.8 Å². The summed E-state index contributed by atoms with van der Waals surface area (Å²) >= 11 is 0. The first-order chi connectivity index (χ1) is 21.5. The maximum absolute atomic E-state index is 15.7. The predicted octanol–water partition coefficient (Wildman–Crippen LogP) is 6.99. The quantitative estimate of drug-likeness (QED) is 0.254. The van der Waals surface area contributed by atoms with Crippen LogP contribution in [0.1, 0.15) is 45.6 Å². The smallest absolute Gasteiger partial charge is 0.407 e. The van der Waals surface area contributed by atoms with Gasteiger partial charge in [-0.25, -0.2) is 18.6 Å². The lowest BCUT2D eigenvalue weighted by molar-refractivity contribution is -0.134. The highest BCUT2D eigenvalue weighted by molar-refractivity contribution is 6.04. The predicted molar refractivity (Wildman–Crippen MR) is 170 cm³/mol. The van der Waals surface area contributed by atoms with E-state index < -0.39 is 23.8 Å². The minimum atomic E-state index is -0.733. The van der Waals surface area contributed by atoms with Crippen LogP contribution in [0.2, 0.25) is 0 Å². The summed E-state index contributed by atoms with van der Waals surface area (Å²) < 4.78 is 37.8. The Morgan fingerprint density at radius 1 is 1.00 bits per heavy atom. The van der Waals surface area contributed by atoms with E-state index in [0.29, 0.717) is 17.7 Å². The van der Waals surface area contributed by atoms with E-state index in [1.165, 1.54) is 19.2 Å². The lowest BCUT2D eigenvalue weighted by Gasteiger charge is -2.32. The summed E-state index contributed by atoms with van der Waals surface area (Å²) in [5.74, 6) is -1.26. The summed E-state index contributed by atoms with van der Waals surface area (Å²) in [6.07, 6.45) is 1.78. The van der Waals surface area contributed by atoms with Crippen LogP contribution in [-0.2, 0) is 16.6 Å². The largest absolute Gasteiger partial charge is 0.453 e. The van der Waals surface area contributed by atoms with E-state index in [2.05, 4.69) is 17.2 Å². The van der Waals surface area contributed by atoms with Crippen LogP contribution in [0.25, 0.3) is 33.3 Å². The molecule has 3 aromatic carbocycles. The molecule has 0 radical (unpaired) electrons. The maximum atomic E-state index is 15.7. The zero-order chi connectivity index (χ0) is 32.2. The average Bonchev–Trinajstić information content (AvgIpc) is 3.70. The summed E-state index contributed by atoms with van der Waals surface area (Å²) in [7, 11) is 3.13. The molecule has 0 spiro atoms. The zero-order valence-electron chi connectivity index (χ0n) is 26.3. The monoisotopic (exact) mass is 613 g/mol. The average molecular weight is 614 g/mol. The van der Waals surface area contributed by atoms with Crippen molar-refractivity contribution in [2.45, 2.75) is 52.1 Å². The highest BCUT2D eigenvalue weighted by atomic mass is 19.1. The second kappa shape index (κ2) is 11.7. The lowest BCUT2D eigenvalue weighted by atomic mass is 9.89. The SMILES string of the molecule is COC(=O)N[C@H](C(=O)N1C[C@@H](C)C[C@H]1C1=Nc2ccc(-c3cc(F)c(-c4ccc5ncn(C)c5c4)cc3F)cc2C1C)C(C)C. The number of benzene rings is 3. The fraction of sp³-hybridized carbons (Fsp3) is 0.371. The molecule has 234 valence electrons. The molecule has 10 heteroatoms. The zero-order valence-corrected chi connectivity index (χ0v) is 26.3. The fourth-order valence-corrected chi connectivity index (χ4v) is 6.66. The van der Waals surface area contributed by atoms with Gasteiger partial charge in [-0.3, -0.25) is 9.79 Å². The van der Waals surface area contributed by atoms with E-state index in [1.807, 2.05) is 55.5 Å². The molecule has 1 N–H and O–H groups in total. The Hall–Kier alpha value is -4.60. The van der Waals surface area contributed by atoms with Gasteiger partial charge < -0.3 is 19.5 Å². The summed E-state index contributed by atoms with van der Waals surface area (Å²) in [4.78, 5) is 36.8. The van der Waals surface area contributed by atoms with Crippen LogP contribution in [0.3, 0.4) is 0 Å². The minimum Gasteiger partial charge on any atom is -0.453 e. The molecule has 1 fully saturated rings. The first-order valence-corrected chi connectivity index (χ1v) is 15.2. The molecule has 2 aliphatic heterocycles. The number of halogens is 2. The maximum Gasteiger partial charge on any atom is 0.407 e. The van der Waals surface area contributed by atoms with Crippen molar-refractivity contribution in [3.8, 4) is 22.3 Å². The Kier molecular flexibility index (Phi) is 7.93. The number of hydrogen-bond acceptors (Lipinski definition) is 5. The van der Waals surface area contributed by atoms with Crippen molar-refractivity contribution in [1.29, 1.82) is 0 Å². The van der Waals surface area contributed by atoms with Crippen molar-refractivity contribution >= 4 is 34.4 Å². The molecular weight excluding hydrogens is 576 g/mol. The van der Waals surface area contributed by atoms with Crippen LogP contribution >= 0.6 is 0 Å². The molecule has 0 aliphatic carbocycles. The second-order valence-electron chi connectivity index (χ2n) is 12.6. The van der Waals surface area contributed by atoms with Gasteiger partial charge in [0.1, 0.15) is 17.7 Å². The second-order valence-corrected chi connectivity index (χ2v) is 12.6. The molecule has 6 rings (SSSR count). The third-order valence-corrected chi connectivity index (χ3v) is 9.12. The van der Waals surface area contributed by atoms with Crippen LogP contribution in [0, 0.1) is 23.5 Å². The van der Waals surface area contributed by atoms with Crippen LogP contribution in [0.15, 0.2) is 59.9 Å². The van der Waals surface area contributed by atoms with Gasteiger partial charge in [0, 0.05) is 36.3 Å². The van der Waals surface area contributed by atoms with Gasteiger partial charge in [0.05, 0.1) is 36.2 Å². The van der Waals surface area contributed by atoms with Crippen molar-refractivity contribution in [2.24, 2.45) is 23.9 Å². The number of alkyl carbamates (subject to hydrolysis) is 1. The van der Waals surface area contributed by atoms with Crippen LogP contribution < -0.4 is 5.32 Å². The number of ether oxygens (including phenoxy) is 1. The van der Waals surface area contributed by atoms with Gasteiger partial charge in [-0.15, -0.1) is 0 Å². The number of carbonyl (C=O) groups excluding carboxylic acids is 2. The van der Waals surface area contributed by atoms with E-state index in [1.54, 1.807) is 24.5 Å². The van der Waals surface area contributed by atoms with E-state index >= 15 is 8.78 Å². The molecule has 2 aliphatic rings. The number of amides is 2. The third-order valence-electron chi connectivity index (χ3n) is 9.12. The number of nitrogens with zero attached hydrogens (tertiary/aromatic N) is 4. The number of aliphatic imine (C=N–C) groups is 1. The standard InChI is InChI=1S/C35H37F2N5O3/c1-18(2)32(40-35(44)45-6)34(43)42-16-19(3)11-31(42)33-20(4)23-12-21(7-9-28(23)39-33)24-14-27(37)25(15-26(24)36)22-8-10-29-30(13-22)41(5)17-38-29/h7-10,12-15,17-20,31-32H,11,16H2,1-6H3,(H,40,44)/t19-,20?,31-,32-/m0/s1. The van der Waals surface area contributed by atoms with Crippen molar-refractivity contribution in [1.82, 2.24) is 19.8 Å². The lowest BCUT2D eigenvalue weighted by Crippen LogP contribution is -2.54. The molecule has 0 saturated carbocycles. The minimum absolute atomic E-state index is 0.143. The topological polar surface area (TPSA) is 88.8 Å². The van der Waals surface area contributed by atoms with Gasteiger partial charge >= 0.3 is 6.09 Å². The Labute approximate surface area is 261 Å². The van der Waals surface area contributed by atoms with Gasteiger partial charge in [-0.1, -0.05) is 39.8 Å².